The van der Waals surface area contributed by atoms with E-state index in [1.54, 1.807) is 99.6 Å². The molecule has 3 aliphatic rings. The van der Waals surface area contributed by atoms with E-state index in [0.29, 0.717) is 58.6 Å². The van der Waals surface area contributed by atoms with Gasteiger partial charge in [0.25, 0.3) is 5.69 Å². The average molecular weight is 1130 g/mol. The van der Waals surface area contributed by atoms with Gasteiger partial charge in [0.05, 0.1) is 80.0 Å². The summed E-state index contributed by atoms with van der Waals surface area (Å²) in [4.78, 5) is 124. The Morgan fingerprint density at radius 2 is 0.921 bits per heavy atom. The predicted molar refractivity (Wildman–Crippen MR) is 290 cm³/mol. The van der Waals surface area contributed by atoms with E-state index in [0.717, 1.165) is 0 Å². The molecule has 25 heteroatoms. The molecule has 0 fully saturated rings. The van der Waals surface area contributed by atoms with E-state index in [1.807, 2.05) is 13.8 Å². The number of ether oxygens (including phenoxy) is 4. The fraction of sp³-hybridized carbons (Fsp3) is 0.471. The Labute approximate surface area is 449 Å². The second kappa shape index (κ2) is 27.1. The molecular weight excluding hydrogens is 1060 g/mol. The lowest BCUT2D eigenvalue weighted by Crippen LogP contribution is -2.51. The van der Waals surface area contributed by atoms with Crippen LogP contribution in [0.25, 0.3) is 0 Å². The van der Waals surface area contributed by atoms with Crippen molar-refractivity contribution in [3.8, 4) is 0 Å². The number of hydrogen-bond acceptors (Lipinski definition) is 16. The van der Waals surface area contributed by atoms with Crippen molar-refractivity contribution in [2.75, 3.05) is 60.1 Å². The van der Waals surface area contributed by atoms with Gasteiger partial charge in [0.15, 0.2) is 0 Å². The normalized spacial score (nSPS) is 16.2. The second-order valence-electron chi connectivity index (χ2n) is 18.6. The first-order valence-electron chi connectivity index (χ1n) is 24.1. The minimum atomic E-state index is -0.562. The number of nitrogens with one attached hydrogen (secondary N) is 1. The zero-order valence-corrected chi connectivity index (χ0v) is 47.0. The van der Waals surface area contributed by atoms with Crippen LogP contribution in [0.5, 0.6) is 0 Å². The molecule has 0 aliphatic carbocycles. The van der Waals surface area contributed by atoms with Gasteiger partial charge in [0, 0.05) is 78.6 Å². The van der Waals surface area contributed by atoms with Gasteiger partial charge in [0.2, 0.25) is 23.6 Å². The number of anilines is 8. The van der Waals surface area contributed by atoms with E-state index in [4.69, 9.17) is 19.9 Å². The highest BCUT2D eigenvalue weighted by Gasteiger charge is 2.38. The molecule has 0 aromatic heterocycles. The van der Waals surface area contributed by atoms with Crippen molar-refractivity contribution < 1.29 is 67.0 Å². The van der Waals surface area contributed by atoms with E-state index in [9.17, 15) is 53.3 Å². The molecule has 3 atom stereocenters. The molecule has 6 rings (SSSR count). The van der Waals surface area contributed by atoms with E-state index >= 15 is 0 Å². The van der Waals surface area contributed by atoms with Crippen molar-refractivity contribution in [1.29, 1.82) is 0 Å². The third kappa shape index (κ3) is 16.6. The number of halogens is 1. The Kier molecular flexibility index (Phi) is 22.3. The van der Waals surface area contributed by atoms with Crippen LogP contribution >= 0.6 is 15.9 Å². The van der Waals surface area contributed by atoms with Gasteiger partial charge < -0.3 is 44.7 Å². The minimum absolute atomic E-state index is 0.0776. The Hall–Kier alpha value is -7.83. The number of nitrogens with zero attached hydrogens (tertiary/aromatic N) is 7. The topological polar surface area (TPSA) is 291 Å². The predicted octanol–water partition coefficient (Wildman–Crippen LogP) is 8.69. The SMILES string of the molecule is CC(=O)N1c2cc(N)ccc2N(C(=O)OC(C)C)C[C@@H]1C.CC(=O)N1c2cc([N+](=O)[O-])c(Br)cc2N(C(=O)OC(C)C)C[C@@H]1C.CC(=O)Nc1ccc2c(c1)N(C(C)=O)[C@@H](C)CN2C(=O)OC(C)C.CC(=O)OC(C)=O. The molecule has 0 radical (unpaired) electrons. The molecular formula is C51H68BrN9O15. The van der Waals surface area contributed by atoms with Gasteiger partial charge in [-0.15, -0.1) is 0 Å². The molecule has 3 aromatic rings. The minimum Gasteiger partial charge on any atom is -0.446 e. The number of amides is 7. The van der Waals surface area contributed by atoms with Crippen LogP contribution in [-0.2, 0) is 47.7 Å². The van der Waals surface area contributed by atoms with Crippen LogP contribution in [0.1, 0.15) is 104 Å². The monoisotopic (exact) mass is 1130 g/mol. The smallest absolute Gasteiger partial charge is 0.414 e. The molecule has 0 saturated heterocycles. The van der Waals surface area contributed by atoms with E-state index in [1.165, 1.54) is 68.4 Å². The molecule has 3 aliphatic heterocycles. The number of fused-ring (bicyclic) bond motifs is 3. The molecule has 0 saturated carbocycles. The van der Waals surface area contributed by atoms with E-state index < -0.39 is 35.1 Å². The molecule has 0 unspecified atom stereocenters. The summed E-state index contributed by atoms with van der Waals surface area (Å²) in [6.45, 7) is 25.3. The third-order valence-corrected chi connectivity index (χ3v) is 11.5. The molecule has 3 aromatic carbocycles. The van der Waals surface area contributed by atoms with Crippen LogP contribution in [0.4, 0.5) is 65.6 Å². The van der Waals surface area contributed by atoms with Crippen molar-refractivity contribution in [3.05, 3.63) is 63.1 Å². The molecule has 3 heterocycles. The van der Waals surface area contributed by atoms with Gasteiger partial charge in [-0.2, -0.15) is 0 Å². The van der Waals surface area contributed by atoms with Gasteiger partial charge in [-0.25, -0.2) is 14.4 Å². The highest BCUT2D eigenvalue weighted by molar-refractivity contribution is 9.10. The van der Waals surface area contributed by atoms with E-state index in [-0.39, 0.29) is 76.8 Å². The Morgan fingerprint density at radius 1 is 0.566 bits per heavy atom. The van der Waals surface area contributed by atoms with Gasteiger partial charge >= 0.3 is 30.2 Å². The van der Waals surface area contributed by atoms with E-state index in [2.05, 4.69) is 26.0 Å². The van der Waals surface area contributed by atoms with Gasteiger partial charge in [-0.05, 0) is 121 Å². The summed E-state index contributed by atoms with van der Waals surface area (Å²) >= 11 is 3.15. The number of carbonyl (C=O) groups excluding carboxylic acids is 9. The summed E-state index contributed by atoms with van der Waals surface area (Å²) in [6.07, 6.45) is -2.15. The molecule has 0 bridgehead atoms. The summed E-state index contributed by atoms with van der Waals surface area (Å²) < 4.78 is 20.0. The summed E-state index contributed by atoms with van der Waals surface area (Å²) in [5.74, 6) is -1.78. The highest BCUT2D eigenvalue weighted by Crippen LogP contribution is 2.43. The van der Waals surface area contributed by atoms with Crippen LogP contribution in [-0.4, -0.2) is 115 Å². The quantitative estimate of drug-likeness (QED) is 0.0603. The highest BCUT2D eigenvalue weighted by atomic mass is 79.9. The standard InChI is InChI=1S/C17H23N3O4.C15H18BrN3O5.C15H21N3O3.C4H6O3/c1-10(2)24-17(23)19-9-11(3)20(13(5)22)16-8-14(18-12(4)21)6-7-15(16)19;1-8(2)24-15(21)17-7-9(3)18(10(4)20)14-6-12(19(22)23)11(16)5-13(14)17;1-9(2)21-15(20)17-8-10(3)18(11(4)19)14-7-12(16)5-6-13(14)17;1-3(5)7-4(2)6/h6-8,10-11H,9H2,1-5H3,(H,18,21);5-6,8-9H,7H2,1-4H3;5-7,9-10H,8,16H2,1-4H3;1-2H3/t11-;9-;10-;/m000./s1. The number of nitro groups is 1. The van der Waals surface area contributed by atoms with Crippen molar-refractivity contribution in [2.45, 2.75) is 140 Å². The number of nitro benzene ring substituents is 1. The number of nitrogens with two attached hydrogens (primary N) is 1. The first-order chi connectivity index (χ1) is 35.3. The number of nitrogen functional groups attached to an aromatic ring is 1. The number of rotatable bonds is 5. The maximum atomic E-state index is 12.4. The maximum Gasteiger partial charge on any atom is 0.414 e. The maximum absolute atomic E-state index is 12.4. The van der Waals surface area contributed by atoms with Crippen molar-refractivity contribution >= 4 is 121 Å². The van der Waals surface area contributed by atoms with Crippen LogP contribution in [0, 0.1) is 10.1 Å². The summed E-state index contributed by atoms with van der Waals surface area (Å²) in [5.41, 5.74) is 9.92. The Balaban J connectivity index is 0.000000282. The van der Waals surface area contributed by atoms with Gasteiger partial charge in [0.1, 0.15) is 0 Å². The second-order valence-corrected chi connectivity index (χ2v) is 19.5. The largest absolute Gasteiger partial charge is 0.446 e. The van der Waals surface area contributed by atoms with Crippen LogP contribution in [0.3, 0.4) is 0 Å². The van der Waals surface area contributed by atoms with Crippen LogP contribution in [0.15, 0.2) is 53.0 Å². The fourth-order valence-electron chi connectivity index (χ4n) is 8.28. The number of hydrogen-bond donors (Lipinski definition) is 2. The lowest BCUT2D eigenvalue weighted by Gasteiger charge is -2.40. The van der Waals surface area contributed by atoms with Gasteiger partial charge in [-0.1, -0.05) is 0 Å². The van der Waals surface area contributed by atoms with Crippen LogP contribution < -0.4 is 40.4 Å². The zero-order valence-electron chi connectivity index (χ0n) is 45.4. The molecule has 414 valence electrons. The molecule has 3 N–H and O–H groups in total. The van der Waals surface area contributed by atoms with Crippen molar-refractivity contribution in [1.82, 2.24) is 0 Å². The third-order valence-electron chi connectivity index (χ3n) is 10.8. The number of esters is 2. The molecule has 76 heavy (non-hydrogen) atoms. The average Bonchev–Trinajstić information content (AvgIpc) is 3.26. The Morgan fingerprint density at radius 3 is 1.25 bits per heavy atom. The van der Waals surface area contributed by atoms with Crippen molar-refractivity contribution in [3.63, 3.8) is 0 Å². The fourth-order valence-corrected chi connectivity index (χ4v) is 8.75. The first-order valence-corrected chi connectivity index (χ1v) is 24.9. The van der Waals surface area contributed by atoms with Crippen molar-refractivity contribution in [2.24, 2.45) is 0 Å². The lowest BCUT2D eigenvalue weighted by atomic mass is 10.1. The number of carbonyl (C=O) groups is 9. The zero-order chi connectivity index (χ0) is 57.8. The summed E-state index contributed by atoms with van der Waals surface area (Å²) in [7, 11) is 0. The molecule has 7 amide bonds. The lowest BCUT2D eigenvalue weighted by molar-refractivity contribution is -0.385. The Bertz CT molecular complexity index is 2700. The van der Waals surface area contributed by atoms with Gasteiger partial charge in [-0.3, -0.25) is 53.6 Å². The summed E-state index contributed by atoms with van der Waals surface area (Å²) in [5, 5.41) is 13.9. The number of benzene rings is 3. The molecule has 0 spiro atoms. The first kappa shape index (κ1) is 62.5. The molecule has 24 nitrogen and oxygen atoms in total. The summed E-state index contributed by atoms with van der Waals surface area (Å²) in [6, 6.07) is 12.4. The van der Waals surface area contributed by atoms with Crippen LogP contribution in [0.2, 0.25) is 0 Å².